The summed E-state index contributed by atoms with van der Waals surface area (Å²) in [4.78, 5) is 25.0. The third-order valence-corrected chi connectivity index (χ3v) is 3.61. The van der Waals surface area contributed by atoms with Crippen LogP contribution >= 0.6 is 12.6 Å². The molecule has 2 amide bonds. The van der Waals surface area contributed by atoms with Crippen LogP contribution in [0.4, 0.5) is 0 Å². The minimum absolute atomic E-state index is 0.168. The molecule has 7 nitrogen and oxygen atoms in total. The Balaban J connectivity index is 1.93. The number of aromatic nitrogens is 3. The van der Waals surface area contributed by atoms with Crippen LogP contribution in [0.25, 0.3) is 0 Å². The summed E-state index contributed by atoms with van der Waals surface area (Å²) < 4.78 is 1.74. The Kier molecular flexibility index (Phi) is 5.13. The summed E-state index contributed by atoms with van der Waals surface area (Å²) in [7, 11) is 1.68. The van der Waals surface area contributed by atoms with Gasteiger partial charge in [-0.1, -0.05) is 5.21 Å². The van der Waals surface area contributed by atoms with E-state index in [0.29, 0.717) is 5.69 Å². The Morgan fingerprint density at radius 1 is 1.45 bits per heavy atom. The lowest BCUT2D eigenvalue weighted by Gasteiger charge is -2.12. The Hall–Kier alpha value is -1.41. The predicted molar refractivity (Wildman–Crippen MR) is 76.1 cm³/mol. The van der Waals surface area contributed by atoms with Crippen molar-refractivity contribution in [1.82, 2.24) is 25.2 Å². The number of hydrogen-bond acceptors (Lipinski definition) is 6. The lowest BCUT2D eigenvalue weighted by Crippen LogP contribution is -2.36. The third-order valence-electron chi connectivity index (χ3n) is 3.29. The Morgan fingerprint density at radius 3 is 2.90 bits per heavy atom. The normalized spacial score (nSPS) is 19.1. The summed E-state index contributed by atoms with van der Waals surface area (Å²) in [5.41, 5.74) is 0.634. The average Bonchev–Trinajstić information content (AvgIpc) is 2.99. The van der Waals surface area contributed by atoms with Gasteiger partial charge in [0.2, 0.25) is 11.8 Å². The van der Waals surface area contributed by atoms with Gasteiger partial charge in [0.05, 0.1) is 25.2 Å². The zero-order valence-corrected chi connectivity index (χ0v) is 12.3. The van der Waals surface area contributed by atoms with Crippen LogP contribution in [0.15, 0.2) is 6.20 Å². The minimum Gasteiger partial charge on any atom is -0.308 e. The summed E-state index contributed by atoms with van der Waals surface area (Å²) >= 11 is 4.15. The van der Waals surface area contributed by atoms with E-state index in [0.717, 1.165) is 25.1 Å². The molecule has 0 radical (unpaired) electrons. The van der Waals surface area contributed by atoms with Gasteiger partial charge in [0.25, 0.3) is 0 Å². The van der Waals surface area contributed by atoms with Crippen molar-refractivity contribution < 1.29 is 9.59 Å². The minimum atomic E-state index is -0.409. The lowest BCUT2D eigenvalue weighted by atomic mass is 10.2. The van der Waals surface area contributed by atoms with Gasteiger partial charge in [-0.3, -0.25) is 19.2 Å². The maximum absolute atomic E-state index is 11.9. The molecule has 1 fully saturated rings. The van der Waals surface area contributed by atoms with Gasteiger partial charge in [-0.05, 0) is 25.6 Å². The van der Waals surface area contributed by atoms with E-state index in [2.05, 4.69) is 28.3 Å². The molecular weight excluding hydrogens is 278 g/mol. The van der Waals surface area contributed by atoms with Crippen LogP contribution in [0, 0.1) is 0 Å². The predicted octanol–water partition coefficient (Wildman–Crippen LogP) is -0.165. The molecule has 110 valence electrons. The van der Waals surface area contributed by atoms with Crippen molar-refractivity contribution in [3.63, 3.8) is 0 Å². The quantitative estimate of drug-likeness (QED) is 0.415. The number of hydrogen-bond donors (Lipinski definition) is 2. The first-order valence-electron chi connectivity index (χ1n) is 6.67. The molecule has 0 bridgehead atoms. The van der Waals surface area contributed by atoms with Crippen LogP contribution in [-0.4, -0.2) is 50.6 Å². The standard InChI is InChI=1S/C12H19N5O2S/c1-13-10-6-11(18)17(12(10)19)8-9-7-16(15-14-9)4-2-3-5-20/h7,10,13,20H,2-6,8H2,1H3. The van der Waals surface area contributed by atoms with Crippen molar-refractivity contribution in [3.8, 4) is 0 Å². The van der Waals surface area contributed by atoms with Crippen LogP contribution in [0.3, 0.4) is 0 Å². The smallest absolute Gasteiger partial charge is 0.247 e. The number of carbonyl (C=O) groups excluding carboxylic acids is 2. The zero-order valence-electron chi connectivity index (χ0n) is 11.4. The van der Waals surface area contributed by atoms with Crippen LogP contribution < -0.4 is 5.32 Å². The number of unbranched alkanes of at least 4 members (excludes halogenated alkanes) is 1. The van der Waals surface area contributed by atoms with E-state index in [-0.39, 0.29) is 24.8 Å². The molecule has 1 aromatic heterocycles. The molecule has 1 saturated heterocycles. The van der Waals surface area contributed by atoms with Gasteiger partial charge < -0.3 is 5.32 Å². The van der Waals surface area contributed by atoms with E-state index in [9.17, 15) is 9.59 Å². The fourth-order valence-electron chi connectivity index (χ4n) is 2.14. The third kappa shape index (κ3) is 3.37. The first-order chi connectivity index (χ1) is 9.65. The van der Waals surface area contributed by atoms with E-state index in [1.54, 1.807) is 17.9 Å². The second-order valence-corrected chi connectivity index (χ2v) is 5.21. The molecule has 1 aliphatic rings. The fourth-order valence-corrected chi connectivity index (χ4v) is 2.37. The molecule has 1 aromatic rings. The van der Waals surface area contributed by atoms with Crippen molar-refractivity contribution in [2.24, 2.45) is 0 Å². The molecule has 0 spiro atoms. The maximum atomic E-state index is 11.9. The molecule has 1 unspecified atom stereocenters. The van der Waals surface area contributed by atoms with Crippen LogP contribution in [0.2, 0.25) is 0 Å². The van der Waals surface area contributed by atoms with Gasteiger partial charge in [-0.25, -0.2) is 0 Å². The summed E-state index contributed by atoms with van der Waals surface area (Å²) in [6.45, 7) is 0.969. The average molecular weight is 297 g/mol. The van der Waals surface area contributed by atoms with Crippen molar-refractivity contribution >= 4 is 24.4 Å². The van der Waals surface area contributed by atoms with Crippen molar-refractivity contribution in [2.45, 2.75) is 38.4 Å². The van der Waals surface area contributed by atoms with E-state index in [1.807, 2.05) is 0 Å². The first kappa shape index (κ1) is 15.0. The van der Waals surface area contributed by atoms with Gasteiger partial charge in [-0.2, -0.15) is 12.6 Å². The fraction of sp³-hybridized carbons (Fsp3) is 0.667. The van der Waals surface area contributed by atoms with Gasteiger partial charge in [0, 0.05) is 6.54 Å². The maximum Gasteiger partial charge on any atom is 0.247 e. The number of nitrogens with one attached hydrogen (secondary N) is 1. The molecular formula is C12H19N5O2S. The Bertz CT molecular complexity index is 490. The molecule has 8 heteroatoms. The highest BCUT2D eigenvalue weighted by atomic mass is 32.1. The van der Waals surface area contributed by atoms with E-state index in [4.69, 9.17) is 0 Å². The second-order valence-electron chi connectivity index (χ2n) is 4.77. The van der Waals surface area contributed by atoms with Crippen molar-refractivity contribution in [2.75, 3.05) is 12.8 Å². The molecule has 0 saturated carbocycles. The topological polar surface area (TPSA) is 80.1 Å². The summed E-state index contributed by atoms with van der Waals surface area (Å²) in [6.07, 6.45) is 4.00. The monoisotopic (exact) mass is 297 g/mol. The number of thiol groups is 1. The van der Waals surface area contributed by atoms with Gasteiger partial charge in [-0.15, -0.1) is 5.10 Å². The molecule has 2 heterocycles. The second kappa shape index (κ2) is 6.85. The highest BCUT2D eigenvalue weighted by Gasteiger charge is 2.37. The van der Waals surface area contributed by atoms with Gasteiger partial charge >= 0.3 is 0 Å². The van der Waals surface area contributed by atoms with Crippen LogP contribution in [-0.2, 0) is 22.7 Å². The summed E-state index contributed by atoms with van der Waals surface area (Å²) in [5.74, 6) is 0.491. The molecule has 20 heavy (non-hydrogen) atoms. The number of likely N-dealkylation sites (N-methyl/N-ethyl adjacent to an activating group) is 1. The van der Waals surface area contributed by atoms with E-state index < -0.39 is 6.04 Å². The summed E-state index contributed by atoms with van der Waals surface area (Å²) in [5, 5.41) is 10.8. The molecule has 0 aliphatic carbocycles. The molecule has 1 atom stereocenters. The Labute approximate surface area is 123 Å². The largest absolute Gasteiger partial charge is 0.308 e. The van der Waals surface area contributed by atoms with Gasteiger partial charge in [0.15, 0.2) is 0 Å². The summed E-state index contributed by atoms with van der Waals surface area (Å²) in [6, 6.07) is -0.409. The number of rotatable bonds is 7. The van der Waals surface area contributed by atoms with E-state index >= 15 is 0 Å². The van der Waals surface area contributed by atoms with Crippen molar-refractivity contribution in [3.05, 3.63) is 11.9 Å². The SMILES string of the molecule is CNC1CC(=O)N(Cc2cn(CCCCS)nn2)C1=O. The van der Waals surface area contributed by atoms with Crippen LogP contribution in [0.5, 0.6) is 0 Å². The molecule has 0 aromatic carbocycles. The molecule has 1 N–H and O–H groups in total. The molecule has 1 aliphatic heterocycles. The first-order valence-corrected chi connectivity index (χ1v) is 7.30. The van der Waals surface area contributed by atoms with Crippen molar-refractivity contribution in [1.29, 1.82) is 0 Å². The number of imide groups is 1. The molecule has 2 rings (SSSR count). The zero-order chi connectivity index (χ0) is 14.5. The van der Waals surface area contributed by atoms with E-state index in [1.165, 1.54) is 4.90 Å². The Morgan fingerprint density at radius 2 is 2.25 bits per heavy atom. The number of carbonyl (C=O) groups is 2. The van der Waals surface area contributed by atoms with Crippen LogP contribution in [0.1, 0.15) is 25.0 Å². The lowest BCUT2D eigenvalue weighted by molar-refractivity contribution is -0.139. The highest BCUT2D eigenvalue weighted by molar-refractivity contribution is 7.80. The number of nitrogens with zero attached hydrogens (tertiary/aromatic N) is 4. The number of likely N-dealkylation sites (tertiary alicyclic amines) is 1. The highest BCUT2D eigenvalue weighted by Crippen LogP contribution is 2.15. The number of amides is 2. The van der Waals surface area contributed by atoms with Gasteiger partial charge in [0.1, 0.15) is 5.69 Å². The number of aryl methyl sites for hydroxylation is 1.